The number of rotatable bonds is 3. The second kappa shape index (κ2) is 5.21. The van der Waals surface area contributed by atoms with E-state index in [4.69, 9.17) is 0 Å². The second-order valence-electron chi connectivity index (χ2n) is 6.52. The van der Waals surface area contributed by atoms with E-state index in [0.29, 0.717) is 10.8 Å². The maximum atomic E-state index is 3.74. The molecule has 0 aromatic rings. The van der Waals surface area contributed by atoms with E-state index in [0.717, 1.165) is 5.92 Å². The summed E-state index contributed by atoms with van der Waals surface area (Å²) in [7, 11) is 0. The summed E-state index contributed by atoms with van der Waals surface area (Å²) >= 11 is 3.74. The van der Waals surface area contributed by atoms with Gasteiger partial charge < -0.3 is 0 Å². The van der Waals surface area contributed by atoms with Crippen molar-refractivity contribution in [3.63, 3.8) is 0 Å². The van der Waals surface area contributed by atoms with Crippen LogP contribution in [0.4, 0.5) is 0 Å². The Bertz CT molecular complexity index is 182. The molecule has 0 saturated heterocycles. The van der Waals surface area contributed by atoms with Gasteiger partial charge in [0.05, 0.1) is 0 Å². The van der Waals surface area contributed by atoms with Gasteiger partial charge in [0.25, 0.3) is 0 Å². The summed E-state index contributed by atoms with van der Waals surface area (Å²) in [6, 6.07) is 0. The van der Waals surface area contributed by atoms with Crippen LogP contribution < -0.4 is 0 Å². The first-order chi connectivity index (χ1) is 6.93. The van der Waals surface area contributed by atoms with Crippen molar-refractivity contribution >= 4 is 15.9 Å². The van der Waals surface area contributed by atoms with Gasteiger partial charge >= 0.3 is 0 Å². The smallest absolute Gasteiger partial charge is 0.00879 e. The molecule has 1 aliphatic carbocycles. The Morgan fingerprint density at radius 2 is 1.73 bits per heavy atom. The molecule has 0 N–H and O–H groups in total. The van der Waals surface area contributed by atoms with Gasteiger partial charge in [0.1, 0.15) is 0 Å². The zero-order chi connectivity index (χ0) is 11.5. The van der Waals surface area contributed by atoms with Gasteiger partial charge in [-0.2, -0.15) is 0 Å². The molecule has 1 saturated carbocycles. The van der Waals surface area contributed by atoms with E-state index < -0.39 is 0 Å². The Balaban J connectivity index is 2.53. The molecule has 1 heteroatoms. The summed E-state index contributed by atoms with van der Waals surface area (Å²) in [5.41, 5.74) is 1.15. The summed E-state index contributed by atoms with van der Waals surface area (Å²) < 4.78 is 0. The lowest BCUT2D eigenvalue weighted by Gasteiger charge is -2.43. The lowest BCUT2D eigenvalue weighted by Crippen LogP contribution is -2.33. The fourth-order valence-electron chi connectivity index (χ4n) is 3.08. The average molecular weight is 275 g/mol. The number of hydrogen-bond acceptors (Lipinski definition) is 0. The van der Waals surface area contributed by atoms with Gasteiger partial charge in [0.2, 0.25) is 0 Å². The van der Waals surface area contributed by atoms with E-state index in [-0.39, 0.29) is 0 Å². The van der Waals surface area contributed by atoms with Gasteiger partial charge in [-0.25, -0.2) is 0 Å². The molecule has 0 aromatic carbocycles. The van der Waals surface area contributed by atoms with Crippen molar-refractivity contribution < 1.29 is 0 Å². The summed E-state index contributed by atoms with van der Waals surface area (Å²) in [6.07, 6.45) is 8.51. The van der Waals surface area contributed by atoms with Crippen molar-refractivity contribution in [1.82, 2.24) is 0 Å². The minimum absolute atomic E-state index is 0.519. The third-order valence-electron chi connectivity index (χ3n) is 4.33. The highest BCUT2D eigenvalue weighted by atomic mass is 79.9. The molecule has 1 aliphatic rings. The van der Waals surface area contributed by atoms with Crippen molar-refractivity contribution in [2.45, 2.75) is 66.2 Å². The van der Waals surface area contributed by atoms with E-state index in [2.05, 4.69) is 43.6 Å². The first kappa shape index (κ1) is 13.5. The van der Waals surface area contributed by atoms with Gasteiger partial charge in [0.15, 0.2) is 0 Å². The Morgan fingerprint density at radius 3 is 2.07 bits per heavy atom. The van der Waals surface area contributed by atoms with Gasteiger partial charge in [-0.05, 0) is 48.9 Å². The van der Waals surface area contributed by atoms with Gasteiger partial charge in [-0.15, -0.1) is 0 Å². The Morgan fingerprint density at radius 1 is 1.20 bits per heavy atom. The molecule has 90 valence electrons. The molecule has 1 fully saturated rings. The van der Waals surface area contributed by atoms with Crippen LogP contribution in [0.15, 0.2) is 0 Å². The van der Waals surface area contributed by atoms with Gasteiger partial charge in [0, 0.05) is 5.33 Å². The van der Waals surface area contributed by atoms with E-state index in [9.17, 15) is 0 Å². The van der Waals surface area contributed by atoms with Gasteiger partial charge in [-0.3, -0.25) is 0 Å². The van der Waals surface area contributed by atoms with E-state index in [1.165, 1.54) is 43.9 Å². The highest BCUT2D eigenvalue weighted by Crippen LogP contribution is 2.48. The van der Waals surface area contributed by atoms with Crippen LogP contribution in [-0.4, -0.2) is 5.33 Å². The first-order valence-corrected chi connectivity index (χ1v) is 7.62. The molecule has 0 unspecified atom stereocenters. The monoisotopic (exact) mass is 274 g/mol. The molecule has 0 aliphatic heterocycles. The van der Waals surface area contributed by atoms with Crippen LogP contribution in [0.5, 0.6) is 0 Å². The van der Waals surface area contributed by atoms with Crippen molar-refractivity contribution in [2.24, 2.45) is 16.7 Å². The standard InChI is InChI=1S/C14H27Br/c1-5-8-14(11-15)9-6-12(7-10-14)13(2,3)4/h12H,5-11H2,1-4H3. The SMILES string of the molecule is CCCC1(CBr)CCC(C(C)(C)C)CC1. The van der Waals surface area contributed by atoms with Crippen LogP contribution >= 0.6 is 15.9 Å². The number of halogens is 1. The molecule has 0 bridgehead atoms. The van der Waals surface area contributed by atoms with Crippen LogP contribution in [0.25, 0.3) is 0 Å². The summed E-state index contributed by atoms with van der Waals surface area (Å²) in [6.45, 7) is 9.52. The van der Waals surface area contributed by atoms with E-state index in [1.807, 2.05) is 0 Å². The van der Waals surface area contributed by atoms with Crippen LogP contribution in [0, 0.1) is 16.7 Å². The molecule has 0 radical (unpaired) electrons. The Hall–Kier alpha value is 0.480. The molecule has 0 atom stereocenters. The van der Waals surface area contributed by atoms with Crippen LogP contribution in [0.2, 0.25) is 0 Å². The van der Waals surface area contributed by atoms with Crippen LogP contribution in [0.1, 0.15) is 66.2 Å². The lowest BCUT2D eigenvalue weighted by molar-refractivity contribution is 0.0969. The third kappa shape index (κ3) is 3.47. The Kier molecular flexibility index (Phi) is 4.70. The number of hydrogen-bond donors (Lipinski definition) is 0. The van der Waals surface area contributed by atoms with Crippen molar-refractivity contribution in [3.05, 3.63) is 0 Å². The van der Waals surface area contributed by atoms with Gasteiger partial charge in [-0.1, -0.05) is 50.0 Å². The topological polar surface area (TPSA) is 0 Å². The molecule has 0 amide bonds. The fraction of sp³-hybridized carbons (Fsp3) is 1.00. The quantitative estimate of drug-likeness (QED) is 0.604. The normalized spacial score (nSPS) is 33.0. The minimum atomic E-state index is 0.519. The fourth-order valence-corrected chi connectivity index (χ4v) is 3.92. The third-order valence-corrected chi connectivity index (χ3v) is 5.52. The summed E-state index contributed by atoms with van der Waals surface area (Å²) in [5.74, 6) is 0.946. The molecule has 0 heterocycles. The predicted molar refractivity (Wildman–Crippen MR) is 72.5 cm³/mol. The zero-order valence-electron chi connectivity index (χ0n) is 10.9. The molecule has 15 heavy (non-hydrogen) atoms. The van der Waals surface area contributed by atoms with Crippen molar-refractivity contribution in [1.29, 1.82) is 0 Å². The minimum Gasteiger partial charge on any atom is -0.0922 e. The second-order valence-corrected chi connectivity index (χ2v) is 7.08. The first-order valence-electron chi connectivity index (χ1n) is 6.49. The van der Waals surface area contributed by atoms with Crippen molar-refractivity contribution in [3.8, 4) is 0 Å². The van der Waals surface area contributed by atoms with Crippen molar-refractivity contribution in [2.75, 3.05) is 5.33 Å². The maximum absolute atomic E-state index is 3.74. The maximum Gasteiger partial charge on any atom is 0.00879 e. The molecule has 0 spiro atoms. The van der Waals surface area contributed by atoms with Crippen LogP contribution in [-0.2, 0) is 0 Å². The zero-order valence-corrected chi connectivity index (χ0v) is 12.5. The predicted octanol–water partition coefficient (Wildman–Crippen LogP) is 5.40. The lowest BCUT2D eigenvalue weighted by atomic mass is 9.63. The molecular weight excluding hydrogens is 248 g/mol. The average Bonchev–Trinajstić information content (AvgIpc) is 2.17. The number of alkyl halides is 1. The summed E-state index contributed by atoms with van der Waals surface area (Å²) in [5, 5.41) is 1.21. The summed E-state index contributed by atoms with van der Waals surface area (Å²) in [4.78, 5) is 0. The van der Waals surface area contributed by atoms with Crippen LogP contribution in [0.3, 0.4) is 0 Å². The molecule has 0 aromatic heterocycles. The van der Waals surface area contributed by atoms with E-state index in [1.54, 1.807) is 0 Å². The molecule has 0 nitrogen and oxygen atoms in total. The Labute approximate surface area is 104 Å². The highest BCUT2D eigenvalue weighted by molar-refractivity contribution is 9.09. The largest absolute Gasteiger partial charge is 0.0922 e. The molecule has 1 rings (SSSR count). The molecular formula is C14H27Br. The highest BCUT2D eigenvalue weighted by Gasteiger charge is 2.37. The van der Waals surface area contributed by atoms with E-state index >= 15 is 0 Å².